The van der Waals surface area contributed by atoms with Crippen molar-refractivity contribution in [1.29, 1.82) is 0 Å². The van der Waals surface area contributed by atoms with Crippen LogP contribution < -0.4 is 0 Å². The van der Waals surface area contributed by atoms with Crippen LogP contribution in [0.15, 0.2) is 6.20 Å². The molecule has 1 rings (SSSR count). The number of aliphatic hydroxyl groups excluding tert-OH is 1. The summed E-state index contributed by atoms with van der Waals surface area (Å²) in [5.74, 6) is -0.0831. The third-order valence-corrected chi connectivity index (χ3v) is 1.64. The van der Waals surface area contributed by atoms with E-state index in [4.69, 9.17) is 5.11 Å². The molecule has 1 amide bonds. The molecule has 0 aliphatic rings. The van der Waals surface area contributed by atoms with E-state index in [0.29, 0.717) is 5.69 Å². The Kier molecular flexibility index (Phi) is 2.97. The summed E-state index contributed by atoms with van der Waals surface area (Å²) in [6.45, 7) is -0.0450. The fraction of sp³-hybridized carbons (Fsp3) is 0.571. The Labute approximate surface area is 75.8 Å². The molecule has 0 atom stereocenters. The van der Waals surface area contributed by atoms with Crippen LogP contribution in [0.1, 0.15) is 5.69 Å². The van der Waals surface area contributed by atoms with Crippen LogP contribution in [-0.2, 0) is 17.9 Å². The van der Waals surface area contributed by atoms with Crippen LogP contribution >= 0.6 is 0 Å². The van der Waals surface area contributed by atoms with Crippen LogP contribution in [-0.4, -0.2) is 45.0 Å². The van der Waals surface area contributed by atoms with Gasteiger partial charge >= 0.3 is 0 Å². The lowest BCUT2D eigenvalue weighted by atomic mass is 10.4. The maximum Gasteiger partial charge on any atom is 0.243 e. The molecule has 0 aliphatic heterocycles. The molecule has 0 spiro atoms. The second-order valence-electron chi connectivity index (χ2n) is 2.83. The largest absolute Gasteiger partial charge is 0.390 e. The van der Waals surface area contributed by atoms with Crippen LogP contribution in [0.5, 0.6) is 0 Å². The molecule has 72 valence electrons. The number of hydrogen-bond acceptors (Lipinski definition) is 4. The summed E-state index contributed by atoms with van der Waals surface area (Å²) in [4.78, 5) is 12.7. The van der Waals surface area contributed by atoms with E-state index in [1.54, 1.807) is 14.1 Å². The van der Waals surface area contributed by atoms with Crippen LogP contribution in [0.4, 0.5) is 0 Å². The van der Waals surface area contributed by atoms with E-state index in [9.17, 15) is 4.79 Å². The zero-order valence-corrected chi connectivity index (χ0v) is 7.64. The summed E-state index contributed by atoms with van der Waals surface area (Å²) in [7, 11) is 3.33. The topological polar surface area (TPSA) is 71.2 Å². The second-order valence-corrected chi connectivity index (χ2v) is 2.83. The first-order chi connectivity index (χ1) is 6.15. The normalized spacial score (nSPS) is 10.1. The van der Waals surface area contributed by atoms with Gasteiger partial charge in [0.05, 0.1) is 18.5 Å². The Bertz CT molecular complexity index is 294. The molecule has 0 radical (unpaired) electrons. The van der Waals surface area contributed by atoms with E-state index in [1.807, 2.05) is 0 Å². The van der Waals surface area contributed by atoms with E-state index >= 15 is 0 Å². The van der Waals surface area contributed by atoms with Gasteiger partial charge in [-0.2, -0.15) is 0 Å². The minimum Gasteiger partial charge on any atom is -0.390 e. The van der Waals surface area contributed by atoms with Crippen molar-refractivity contribution >= 4 is 5.91 Å². The van der Waals surface area contributed by atoms with Crippen molar-refractivity contribution in [2.45, 2.75) is 13.2 Å². The highest BCUT2D eigenvalue weighted by molar-refractivity contribution is 5.75. The molecule has 0 unspecified atom stereocenters. The Morgan fingerprint density at radius 3 is 2.92 bits per heavy atom. The van der Waals surface area contributed by atoms with Gasteiger partial charge in [0.1, 0.15) is 6.54 Å². The standard InChI is InChI=1S/C7H12N4O2/c1-10(2)7(13)4-11-6(5-12)3-8-9-11/h3,12H,4-5H2,1-2H3. The molecule has 0 aliphatic carbocycles. The molecular weight excluding hydrogens is 172 g/mol. The van der Waals surface area contributed by atoms with Crippen LogP contribution in [0, 0.1) is 0 Å². The lowest BCUT2D eigenvalue weighted by Gasteiger charge is -2.10. The van der Waals surface area contributed by atoms with Gasteiger partial charge in [-0.3, -0.25) is 4.79 Å². The maximum atomic E-state index is 11.2. The van der Waals surface area contributed by atoms with Gasteiger partial charge in [-0.05, 0) is 0 Å². The van der Waals surface area contributed by atoms with E-state index < -0.39 is 0 Å². The number of hydrogen-bond donors (Lipinski definition) is 1. The Hall–Kier alpha value is -1.43. The van der Waals surface area contributed by atoms with Crippen molar-refractivity contribution in [3.63, 3.8) is 0 Å². The van der Waals surface area contributed by atoms with Gasteiger partial charge in [-0.25, -0.2) is 4.68 Å². The lowest BCUT2D eigenvalue weighted by molar-refractivity contribution is -0.129. The van der Waals surface area contributed by atoms with Crippen LogP contribution in [0.2, 0.25) is 0 Å². The lowest BCUT2D eigenvalue weighted by Crippen LogP contribution is -2.27. The molecule has 1 heterocycles. The van der Waals surface area contributed by atoms with Gasteiger partial charge in [0.2, 0.25) is 5.91 Å². The molecular formula is C7H12N4O2. The van der Waals surface area contributed by atoms with Crippen molar-refractivity contribution in [1.82, 2.24) is 19.9 Å². The zero-order chi connectivity index (χ0) is 9.84. The number of likely N-dealkylation sites (N-methyl/N-ethyl adjacent to an activating group) is 1. The predicted molar refractivity (Wildman–Crippen MR) is 44.6 cm³/mol. The highest BCUT2D eigenvalue weighted by atomic mass is 16.3. The first kappa shape index (κ1) is 9.66. The Morgan fingerprint density at radius 2 is 2.38 bits per heavy atom. The van der Waals surface area contributed by atoms with Crippen LogP contribution in [0.3, 0.4) is 0 Å². The average Bonchev–Trinajstić information content (AvgIpc) is 2.51. The second kappa shape index (κ2) is 3.99. The van der Waals surface area contributed by atoms with Gasteiger partial charge in [0.15, 0.2) is 0 Å². The zero-order valence-electron chi connectivity index (χ0n) is 7.64. The molecule has 0 bridgehead atoms. The molecule has 1 aromatic rings. The molecule has 6 heteroatoms. The van der Waals surface area contributed by atoms with Crippen LogP contribution in [0.25, 0.3) is 0 Å². The molecule has 1 N–H and O–H groups in total. The van der Waals surface area contributed by atoms with Gasteiger partial charge in [-0.1, -0.05) is 5.21 Å². The highest BCUT2D eigenvalue weighted by Crippen LogP contribution is 1.96. The van der Waals surface area contributed by atoms with Gasteiger partial charge < -0.3 is 10.0 Å². The van der Waals surface area contributed by atoms with Crippen molar-refractivity contribution in [2.75, 3.05) is 14.1 Å². The number of aliphatic hydroxyl groups is 1. The number of amides is 1. The smallest absolute Gasteiger partial charge is 0.243 e. The minimum absolute atomic E-state index is 0.0831. The van der Waals surface area contributed by atoms with Crippen molar-refractivity contribution in [3.05, 3.63) is 11.9 Å². The summed E-state index contributed by atoms with van der Waals surface area (Å²) < 4.78 is 1.38. The summed E-state index contributed by atoms with van der Waals surface area (Å²) in [5, 5.41) is 16.1. The van der Waals surface area contributed by atoms with Gasteiger partial charge in [-0.15, -0.1) is 5.10 Å². The fourth-order valence-corrected chi connectivity index (χ4v) is 0.804. The number of carbonyl (C=O) groups excluding carboxylic acids is 1. The number of aromatic nitrogens is 3. The number of nitrogens with zero attached hydrogens (tertiary/aromatic N) is 4. The monoisotopic (exact) mass is 184 g/mol. The molecule has 0 saturated carbocycles. The summed E-state index contributed by atoms with van der Waals surface area (Å²) >= 11 is 0. The average molecular weight is 184 g/mol. The van der Waals surface area contributed by atoms with E-state index in [-0.39, 0.29) is 19.1 Å². The van der Waals surface area contributed by atoms with E-state index in [1.165, 1.54) is 15.8 Å². The Balaban J connectivity index is 2.68. The molecule has 13 heavy (non-hydrogen) atoms. The first-order valence-electron chi connectivity index (χ1n) is 3.83. The molecule has 6 nitrogen and oxygen atoms in total. The third kappa shape index (κ3) is 2.25. The van der Waals surface area contributed by atoms with Crippen molar-refractivity contribution < 1.29 is 9.90 Å². The van der Waals surface area contributed by atoms with E-state index in [0.717, 1.165) is 0 Å². The quantitative estimate of drug-likeness (QED) is 0.644. The Morgan fingerprint density at radius 1 is 1.69 bits per heavy atom. The van der Waals surface area contributed by atoms with Crippen molar-refractivity contribution in [3.8, 4) is 0 Å². The van der Waals surface area contributed by atoms with Crippen molar-refractivity contribution in [2.24, 2.45) is 0 Å². The third-order valence-electron chi connectivity index (χ3n) is 1.64. The minimum atomic E-state index is -0.159. The summed E-state index contributed by atoms with van der Waals surface area (Å²) in [5.41, 5.74) is 0.537. The maximum absolute atomic E-state index is 11.2. The SMILES string of the molecule is CN(C)C(=O)Cn1nncc1CO. The van der Waals surface area contributed by atoms with Gasteiger partial charge in [0, 0.05) is 14.1 Å². The molecule has 0 fully saturated rings. The molecule has 0 saturated heterocycles. The highest BCUT2D eigenvalue weighted by Gasteiger charge is 2.08. The number of carbonyl (C=O) groups is 1. The molecule has 0 aromatic carbocycles. The summed E-state index contributed by atoms with van der Waals surface area (Å²) in [6.07, 6.45) is 1.43. The molecule has 1 aromatic heterocycles. The predicted octanol–water partition coefficient (Wildman–Crippen LogP) is -1.14. The van der Waals surface area contributed by atoms with Gasteiger partial charge in [0.25, 0.3) is 0 Å². The van der Waals surface area contributed by atoms with E-state index in [2.05, 4.69) is 10.3 Å². The summed E-state index contributed by atoms with van der Waals surface area (Å²) in [6, 6.07) is 0. The number of rotatable bonds is 3. The fourth-order valence-electron chi connectivity index (χ4n) is 0.804. The first-order valence-corrected chi connectivity index (χ1v) is 3.83.